The summed E-state index contributed by atoms with van der Waals surface area (Å²) >= 11 is 0. The molecule has 0 amide bonds. The maximum atomic E-state index is 12.3. The molecule has 0 saturated carbocycles. The van der Waals surface area contributed by atoms with E-state index >= 15 is 0 Å². The van der Waals surface area contributed by atoms with Crippen molar-refractivity contribution in [3.63, 3.8) is 0 Å². The molecule has 0 fully saturated rings. The predicted molar refractivity (Wildman–Crippen MR) is 104 cm³/mol. The van der Waals surface area contributed by atoms with E-state index in [1.54, 1.807) is 19.1 Å². The number of ether oxygens (including phenoxy) is 1. The van der Waals surface area contributed by atoms with Crippen LogP contribution in [0.25, 0.3) is 16.6 Å². The number of esters is 1. The van der Waals surface area contributed by atoms with E-state index in [2.05, 4.69) is 11.8 Å². The molecule has 3 aliphatic rings. The zero-order chi connectivity index (χ0) is 19.6. The minimum atomic E-state index is -1.59. The van der Waals surface area contributed by atoms with Crippen molar-refractivity contribution in [2.45, 2.75) is 38.8 Å². The molecule has 6 nitrogen and oxygen atoms in total. The molecule has 0 radical (unpaired) electrons. The number of aryl methyl sites for hydroxylation is 1. The summed E-state index contributed by atoms with van der Waals surface area (Å²) in [4.78, 5) is 19.4. The number of aromatic hydroxyl groups is 1. The van der Waals surface area contributed by atoms with Crippen LogP contribution in [0.2, 0.25) is 0 Å². The van der Waals surface area contributed by atoms with E-state index in [4.69, 9.17) is 9.72 Å². The molecule has 5 rings (SSSR count). The smallest absolute Gasteiger partial charge is 0.343 e. The number of benzene rings is 1. The van der Waals surface area contributed by atoms with Gasteiger partial charge in [-0.15, -0.1) is 0 Å². The maximum absolute atomic E-state index is 12.3. The standard InChI is InChI=1S/C22H22N2O4/c1-3-14-15-7-13(25)5-6-18(15)23-20-16(14)10-24-9-12-11-28-21(26)22(27,4-2)17(12)8-19(20)24/h5-8,25,27H,3-4,9-11H2,1-2H3. The molecular formula is C22H22N2O4. The lowest BCUT2D eigenvalue weighted by Crippen LogP contribution is -2.47. The lowest BCUT2D eigenvalue weighted by Gasteiger charge is -2.37. The highest BCUT2D eigenvalue weighted by molar-refractivity contribution is 5.91. The number of pyridine rings is 1. The number of cyclic esters (lactones) is 1. The third kappa shape index (κ3) is 2.18. The van der Waals surface area contributed by atoms with Crippen molar-refractivity contribution in [1.82, 2.24) is 9.88 Å². The van der Waals surface area contributed by atoms with Gasteiger partial charge in [0.15, 0.2) is 5.60 Å². The van der Waals surface area contributed by atoms with E-state index in [0.29, 0.717) is 12.1 Å². The highest BCUT2D eigenvalue weighted by Crippen LogP contribution is 2.44. The number of hydrogen-bond donors (Lipinski definition) is 2. The van der Waals surface area contributed by atoms with E-state index in [1.165, 1.54) is 5.56 Å². The third-order valence-corrected chi connectivity index (χ3v) is 6.19. The molecule has 0 bridgehead atoms. The Morgan fingerprint density at radius 3 is 2.86 bits per heavy atom. The van der Waals surface area contributed by atoms with Crippen molar-refractivity contribution in [3.05, 3.63) is 52.2 Å². The van der Waals surface area contributed by atoms with Crippen LogP contribution < -0.4 is 0 Å². The predicted octanol–water partition coefficient (Wildman–Crippen LogP) is 2.67. The lowest BCUT2D eigenvalue weighted by molar-refractivity contribution is -0.163. The number of phenols is 1. The van der Waals surface area contributed by atoms with E-state index in [-0.39, 0.29) is 18.8 Å². The summed E-state index contributed by atoms with van der Waals surface area (Å²) < 4.78 is 5.25. The Balaban J connectivity index is 1.72. The molecule has 2 N–H and O–H groups in total. The average Bonchev–Trinajstić information content (AvgIpc) is 3.05. The highest BCUT2D eigenvalue weighted by atomic mass is 16.6. The van der Waals surface area contributed by atoms with Crippen LogP contribution in [0.5, 0.6) is 5.75 Å². The number of hydrogen-bond acceptors (Lipinski definition) is 6. The fourth-order valence-electron chi connectivity index (χ4n) is 4.68. The highest BCUT2D eigenvalue weighted by Gasteiger charge is 2.46. The van der Waals surface area contributed by atoms with E-state index in [0.717, 1.165) is 46.4 Å². The number of aliphatic hydroxyl groups is 1. The molecule has 1 unspecified atom stereocenters. The Morgan fingerprint density at radius 2 is 2.11 bits per heavy atom. The molecule has 0 aliphatic carbocycles. The Kier molecular flexibility index (Phi) is 3.58. The van der Waals surface area contributed by atoms with Crippen LogP contribution in [-0.2, 0) is 22.5 Å². The van der Waals surface area contributed by atoms with Gasteiger partial charge in [0.1, 0.15) is 12.4 Å². The van der Waals surface area contributed by atoms with E-state index < -0.39 is 11.6 Å². The summed E-state index contributed by atoms with van der Waals surface area (Å²) in [5.41, 5.74) is 5.03. The van der Waals surface area contributed by atoms with Gasteiger partial charge in [-0.1, -0.05) is 13.8 Å². The Morgan fingerprint density at radius 1 is 1.29 bits per heavy atom. The van der Waals surface area contributed by atoms with Gasteiger partial charge in [-0.3, -0.25) is 0 Å². The van der Waals surface area contributed by atoms with Gasteiger partial charge in [0.25, 0.3) is 0 Å². The molecule has 1 atom stereocenters. The second-order valence-electron chi connectivity index (χ2n) is 7.67. The number of aromatic nitrogens is 1. The van der Waals surface area contributed by atoms with Crippen molar-refractivity contribution >= 4 is 22.6 Å². The number of carbonyl (C=O) groups is 1. The normalized spacial score (nSPS) is 23.3. The number of nitrogens with zero attached hydrogens (tertiary/aromatic N) is 2. The summed E-state index contributed by atoms with van der Waals surface area (Å²) in [6.07, 6.45) is 3.03. The van der Waals surface area contributed by atoms with Gasteiger partial charge in [0.05, 0.1) is 16.9 Å². The van der Waals surface area contributed by atoms with Crippen LogP contribution in [-0.4, -0.2) is 44.8 Å². The molecule has 28 heavy (non-hydrogen) atoms. The van der Waals surface area contributed by atoms with Crippen LogP contribution in [0, 0.1) is 0 Å². The van der Waals surface area contributed by atoms with Gasteiger partial charge in [0.2, 0.25) is 0 Å². The van der Waals surface area contributed by atoms with Gasteiger partial charge in [-0.25, -0.2) is 9.78 Å². The first-order valence-corrected chi connectivity index (χ1v) is 9.69. The monoisotopic (exact) mass is 378 g/mol. The van der Waals surface area contributed by atoms with Gasteiger partial charge < -0.3 is 19.8 Å². The van der Waals surface area contributed by atoms with Crippen molar-refractivity contribution < 1.29 is 19.7 Å². The second-order valence-corrected chi connectivity index (χ2v) is 7.67. The zero-order valence-corrected chi connectivity index (χ0v) is 16.0. The molecule has 6 heteroatoms. The summed E-state index contributed by atoms with van der Waals surface area (Å²) in [6, 6.07) is 5.26. The average molecular weight is 378 g/mol. The van der Waals surface area contributed by atoms with Gasteiger partial charge in [-0.05, 0) is 48.3 Å². The molecule has 144 valence electrons. The first-order valence-electron chi connectivity index (χ1n) is 9.69. The first kappa shape index (κ1) is 17.3. The molecule has 1 aromatic heterocycles. The molecule has 4 heterocycles. The van der Waals surface area contributed by atoms with Crippen molar-refractivity contribution in [2.24, 2.45) is 0 Å². The molecule has 1 aromatic carbocycles. The molecule has 2 aromatic rings. The molecular weight excluding hydrogens is 356 g/mol. The summed E-state index contributed by atoms with van der Waals surface area (Å²) in [6.45, 7) is 5.45. The minimum Gasteiger partial charge on any atom is -0.508 e. The topological polar surface area (TPSA) is 82.9 Å². The van der Waals surface area contributed by atoms with Gasteiger partial charge >= 0.3 is 5.97 Å². The molecule has 0 spiro atoms. The Hall–Kier alpha value is -2.86. The maximum Gasteiger partial charge on any atom is 0.343 e. The number of fused-ring (bicyclic) bond motifs is 4. The largest absolute Gasteiger partial charge is 0.508 e. The van der Waals surface area contributed by atoms with Gasteiger partial charge in [-0.2, -0.15) is 0 Å². The third-order valence-electron chi connectivity index (χ3n) is 6.19. The lowest BCUT2D eigenvalue weighted by atomic mass is 9.83. The van der Waals surface area contributed by atoms with Gasteiger partial charge in [0, 0.05) is 29.6 Å². The molecule has 3 aliphatic heterocycles. The van der Waals surface area contributed by atoms with Crippen molar-refractivity contribution in [2.75, 3.05) is 13.2 Å². The van der Waals surface area contributed by atoms with Crippen molar-refractivity contribution in [3.8, 4) is 5.75 Å². The summed E-state index contributed by atoms with van der Waals surface area (Å²) in [5, 5.41) is 21.9. The van der Waals surface area contributed by atoms with Crippen LogP contribution in [0.3, 0.4) is 0 Å². The Bertz CT molecular complexity index is 1100. The fourth-order valence-corrected chi connectivity index (χ4v) is 4.68. The SMILES string of the molecule is CCc1c2c(nc3ccc(O)cc13)C1=CC3=C(COC(=O)C3(O)CC)CN1C2. The summed E-state index contributed by atoms with van der Waals surface area (Å²) in [5.74, 6) is -0.340. The Labute approximate surface area is 162 Å². The van der Waals surface area contributed by atoms with Crippen LogP contribution >= 0.6 is 0 Å². The number of phenolic OH excluding ortho intramolecular Hbond substituents is 1. The summed E-state index contributed by atoms with van der Waals surface area (Å²) in [7, 11) is 0. The van der Waals surface area contributed by atoms with E-state index in [9.17, 15) is 15.0 Å². The van der Waals surface area contributed by atoms with E-state index in [1.807, 2.05) is 12.1 Å². The zero-order valence-electron chi connectivity index (χ0n) is 16.0. The van der Waals surface area contributed by atoms with Crippen LogP contribution in [0.4, 0.5) is 0 Å². The van der Waals surface area contributed by atoms with Crippen LogP contribution in [0.15, 0.2) is 35.4 Å². The van der Waals surface area contributed by atoms with Crippen LogP contribution in [0.1, 0.15) is 37.1 Å². The quantitative estimate of drug-likeness (QED) is 0.782. The second kappa shape index (κ2) is 5.82. The number of carbonyl (C=O) groups excluding carboxylic acids is 1. The van der Waals surface area contributed by atoms with Crippen molar-refractivity contribution in [1.29, 1.82) is 0 Å². The number of rotatable bonds is 2. The molecule has 0 saturated heterocycles. The minimum absolute atomic E-state index is 0.219. The first-order chi connectivity index (χ1) is 13.5. The fraction of sp³-hybridized carbons (Fsp3) is 0.364.